The Morgan fingerprint density at radius 2 is 2.29 bits per heavy atom. The number of rotatable bonds is 3. The lowest BCUT2D eigenvalue weighted by atomic mass is 9.79. The van der Waals surface area contributed by atoms with Crippen molar-refractivity contribution in [2.24, 2.45) is 16.6 Å². The summed E-state index contributed by atoms with van der Waals surface area (Å²) in [6.45, 7) is 5.40. The van der Waals surface area contributed by atoms with Gasteiger partial charge in [-0.15, -0.1) is 0 Å². The summed E-state index contributed by atoms with van der Waals surface area (Å²) in [6.07, 6.45) is 5.30. The van der Waals surface area contributed by atoms with Crippen LogP contribution in [0.5, 0.6) is 0 Å². The summed E-state index contributed by atoms with van der Waals surface area (Å²) in [4.78, 5) is 6.74. The van der Waals surface area contributed by atoms with E-state index in [4.69, 9.17) is 5.73 Å². The Hall–Kier alpha value is -0.730. The van der Waals surface area contributed by atoms with E-state index < -0.39 is 0 Å². The monoisotopic (exact) mass is 195 g/mol. The van der Waals surface area contributed by atoms with Crippen LogP contribution in [0.1, 0.15) is 39.5 Å². The van der Waals surface area contributed by atoms with Crippen LogP contribution in [0.25, 0.3) is 0 Å². The van der Waals surface area contributed by atoms with Gasteiger partial charge in [-0.3, -0.25) is 4.99 Å². The third kappa shape index (κ3) is 1.49. The first kappa shape index (κ1) is 9.81. The van der Waals surface area contributed by atoms with E-state index >= 15 is 0 Å². The van der Waals surface area contributed by atoms with Gasteiger partial charge in [-0.1, -0.05) is 13.3 Å². The molecule has 0 saturated heterocycles. The van der Waals surface area contributed by atoms with E-state index in [1.165, 1.54) is 19.3 Å². The van der Waals surface area contributed by atoms with Gasteiger partial charge < -0.3 is 10.6 Å². The van der Waals surface area contributed by atoms with E-state index in [1.807, 2.05) is 0 Å². The van der Waals surface area contributed by atoms with Crippen LogP contribution in [0, 0.1) is 5.92 Å². The van der Waals surface area contributed by atoms with Crippen LogP contribution < -0.4 is 5.73 Å². The number of hydrogen-bond donors (Lipinski definition) is 1. The molecule has 1 aliphatic heterocycles. The van der Waals surface area contributed by atoms with E-state index in [0.717, 1.165) is 24.8 Å². The molecule has 0 radical (unpaired) electrons. The van der Waals surface area contributed by atoms with Crippen molar-refractivity contribution in [3.8, 4) is 0 Å². The summed E-state index contributed by atoms with van der Waals surface area (Å²) in [5, 5.41) is 0. The van der Waals surface area contributed by atoms with Gasteiger partial charge in [-0.05, 0) is 32.1 Å². The summed E-state index contributed by atoms with van der Waals surface area (Å²) in [5.74, 6) is 1.63. The van der Waals surface area contributed by atoms with Gasteiger partial charge in [0.2, 0.25) is 0 Å². The molecule has 3 nitrogen and oxygen atoms in total. The molecule has 2 N–H and O–H groups in total. The van der Waals surface area contributed by atoms with Crippen LogP contribution in [-0.2, 0) is 0 Å². The van der Waals surface area contributed by atoms with Gasteiger partial charge in [0.05, 0.1) is 12.6 Å². The first-order valence-corrected chi connectivity index (χ1v) is 5.82. The fraction of sp³-hybridized carbons (Fsp3) is 0.909. The maximum Gasteiger partial charge on any atom is 0.191 e. The molecule has 0 aromatic heterocycles. The molecule has 0 amide bonds. The van der Waals surface area contributed by atoms with Crippen molar-refractivity contribution in [2.45, 2.75) is 51.6 Å². The second kappa shape index (κ2) is 3.79. The van der Waals surface area contributed by atoms with Gasteiger partial charge in [-0.2, -0.15) is 0 Å². The molecule has 2 aliphatic rings. The summed E-state index contributed by atoms with van der Waals surface area (Å²) >= 11 is 0. The molecular formula is C11H21N3. The molecule has 2 unspecified atom stereocenters. The molecule has 2 atom stereocenters. The van der Waals surface area contributed by atoms with E-state index in [1.54, 1.807) is 0 Å². The number of hydrogen-bond acceptors (Lipinski definition) is 3. The third-order valence-corrected chi connectivity index (χ3v) is 3.82. The van der Waals surface area contributed by atoms with Gasteiger partial charge >= 0.3 is 0 Å². The van der Waals surface area contributed by atoms with E-state index in [0.29, 0.717) is 12.1 Å². The predicted molar refractivity (Wildman–Crippen MR) is 59.2 cm³/mol. The number of nitrogens with zero attached hydrogens (tertiary/aromatic N) is 2. The van der Waals surface area contributed by atoms with Crippen molar-refractivity contribution in [1.82, 2.24) is 4.90 Å². The minimum Gasteiger partial charge on any atom is -0.370 e. The fourth-order valence-corrected chi connectivity index (χ4v) is 2.48. The summed E-state index contributed by atoms with van der Waals surface area (Å²) in [5.41, 5.74) is 5.94. The molecule has 14 heavy (non-hydrogen) atoms. The van der Waals surface area contributed by atoms with Crippen molar-refractivity contribution >= 4 is 5.96 Å². The maximum absolute atomic E-state index is 5.94. The minimum absolute atomic E-state index is 0.548. The van der Waals surface area contributed by atoms with Gasteiger partial charge in [0.15, 0.2) is 5.96 Å². The van der Waals surface area contributed by atoms with Gasteiger partial charge in [0.1, 0.15) is 0 Å². The topological polar surface area (TPSA) is 41.6 Å². The molecule has 0 spiro atoms. The van der Waals surface area contributed by atoms with Gasteiger partial charge in [0.25, 0.3) is 0 Å². The zero-order valence-corrected chi connectivity index (χ0v) is 9.24. The normalized spacial score (nSPS) is 30.0. The fourth-order valence-electron chi connectivity index (χ4n) is 2.48. The Morgan fingerprint density at radius 1 is 1.57 bits per heavy atom. The molecular weight excluding hydrogens is 174 g/mol. The number of guanidine groups is 1. The van der Waals surface area contributed by atoms with Crippen molar-refractivity contribution in [3.63, 3.8) is 0 Å². The Bertz CT molecular complexity index is 233. The quantitative estimate of drug-likeness (QED) is 0.743. The summed E-state index contributed by atoms with van der Waals surface area (Å²) in [6, 6.07) is 1.16. The first-order valence-electron chi connectivity index (χ1n) is 5.82. The van der Waals surface area contributed by atoms with Crippen molar-refractivity contribution in [2.75, 3.05) is 6.54 Å². The van der Waals surface area contributed by atoms with Crippen molar-refractivity contribution < 1.29 is 0 Å². The van der Waals surface area contributed by atoms with Crippen LogP contribution in [0.4, 0.5) is 0 Å². The summed E-state index contributed by atoms with van der Waals surface area (Å²) < 4.78 is 0. The lowest BCUT2D eigenvalue weighted by Gasteiger charge is -2.40. The van der Waals surface area contributed by atoms with Gasteiger partial charge in [-0.25, -0.2) is 0 Å². The lowest BCUT2D eigenvalue weighted by molar-refractivity contribution is 0.142. The standard InChI is InChI=1S/C11H21N3/c1-3-8(2)14-10(7-13-11(14)12)9-5-4-6-9/h8-10H,3-7H2,1-2H3,(H2,12,13). The number of nitrogens with two attached hydrogens (primary N) is 1. The molecule has 0 aromatic rings. The van der Waals surface area contributed by atoms with Crippen molar-refractivity contribution in [3.05, 3.63) is 0 Å². The lowest BCUT2D eigenvalue weighted by Crippen LogP contribution is -2.50. The first-order chi connectivity index (χ1) is 6.74. The summed E-state index contributed by atoms with van der Waals surface area (Å²) in [7, 11) is 0. The molecule has 80 valence electrons. The SMILES string of the molecule is CCC(C)N1C(N)=NCC1C1CCC1. The molecule has 1 aliphatic carbocycles. The Morgan fingerprint density at radius 3 is 2.79 bits per heavy atom. The molecule has 1 fully saturated rings. The van der Waals surface area contributed by atoms with Crippen LogP contribution >= 0.6 is 0 Å². The third-order valence-electron chi connectivity index (χ3n) is 3.82. The van der Waals surface area contributed by atoms with Crippen LogP contribution in [0.15, 0.2) is 4.99 Å². The molecule has 1 heterocycles. The highest BCUT2D eigenvalue weighted by molar-refractivity contribution is 5.80. The van der Waals surface area contributed by atoms with E-state index in [-0.39, 0.29) is 0 Å². The molecule has 0 bridgehead atoms. The smallest absolute Gasteiger partial charge is 0.191 e. The average Bonchev–Trinajstić information content (AvgIpc) is 2.44. The second-order valence-electron chi connectivity index (χ2n) is 4.62. The minimum atomic E-state index is 0.548. The highest BCUT2D eigenvalue weighted by Gasteiger charge is 2.37. The molecule has 3 heteroatoms. The zero-order valence-electron chi connectivity index (χ0n) is 9.24. The molecule has 2 rings (SSSR count). The molecule has 0 aromatic carbocycles. The largest absolute Gasteiger partial charge is 0.370 e. The molecule has 1 saturated carbocycles. The van der Waals surface area contributed by atoms with E-state index in [9.17, 15) is 0 Å². The predicted octanol–water partition coefficient (Wildman–Crippen LogP) is 1.58. The van der Waals surface area contributed by atoms with Crippen LogP contribution in [0.2, 0.25) is 0 Å². The van der Waals surface area contributed by atoms with Crippen LogP contribution in [-0.4, -0.2) is 29.5 Å². The number of aliphatic imine (C=N–C) groups is 1. The second-order valence-corrected chi connectivity index (χ2v) is 4.62. The Kier molecular flexibility index (Phi) is 2.66. The Balaban J connectivity index is 2.04. The van der Waals surface area contributed by atoms with Crippen LogP contribution in [0.3, 0.4) is 0 Å². The van der Waals surface area contributed by atoms with Gasteiger partial charge in [0, 0.05) is 6.04 Å². The van der Waals surface area contributed by atoms with E-state index in [2.05, 4.69) is 23.7 Å². The highest BCUT2D eigenvalue weighted by Crippen LogP contribution is 2.35. The van der Waals surface area contributed by atoms with Crippen molar-refractivity contribution in [1.29, 1.82) is 0 Å². The average molecular weight is 195 g/mol. The Labute approximate surface area is 86.4 Å². The highest BCUT2D eigenvalue weighted by atomic mass is 15.3. The zero-order chi connectivity index (χ0) is 10.1. The maximum atomic E-state index is 5.94.